The molecule has 2 saturated heterocycles. The first-order valence-corrected chi connectivity index (χ1v) is 9.11. The number of benzene rings is 1. The number of rotatable bonds is 6. The molecule has 0 aromatic heterocycles. The fourth-order valence-electron chi connectivity index (χ4n) is 3.70. The molecule has 26 heavy (non-hydrogen) atoms. The molecule has 140 valence electrons. The predicted molar refractivity (Wildman–Crippen MR) is 97.6 cm³/mol. The number of nitrogens with zero attached hydrogens (tertiary/aromatic N) is 1. The largest absolute Gasteiger partial charge is 0.355 e. The Balaban J connectivity index is 1.57. The van der Waals surface area contributed by atoms with Crippen LogP contribution in [-0.2, 0) is 15.0 Å². The lowest BCUT2D eigenvalue weighted by Crippen LogP contribution is -2.48. The molecule has 0 radical (unpaired) electrons. The Kier molecular flexibility index (Phi) is 5.56. The van der Waals surface area contributed by atoms with Gasteiger partial charge in [0.15, 0.2) is 0 Å². The molecule has 2 heterocycles. The number of likely N-dealkylation sites (tertiary alicyclic amines) is 1. The monoisotopic (exact) mass is 358 g/mol. The molecule has 2 aliphatic rings. The topological polar surface area (TPSA) is 90.5 Å². The van der Waals surface area contributed by atoms with E-state index in [0.29, 0.717) is 13.0 Å². The zero-order valence-corrected chi connectivity index (χ0v) is 15.1. The van der Waals surface area contributed by atoms with Gasteiger partial charge in [0.1, 0.15) is 6.04 Å². The number of amides is 4. The van der Waals surface area contributed by atoms with Gasteiger partial charge in [-0.2, -0.15) is 0 Å². The Morgan fingerprint density at radius 1 is 1.23 bits per heavy atom. The van der Waals surface area contributed by atoms with Crippen molar-refractivity contribution in [3.8, 4) is 0 Å². The number of hydrogen-bond acceptors (Lipinski definition) is 4. The number of carbonyl (C=O) groups is 3. The van der Waals surface area contributed by atoms with E-state index in [4.69, 9.17) is 0 Å². The van der Waals surface area contributed by atoms with Crippen LogP contribution in [0, 0.1) is 0 Å². The molecule has 3 rings (SSSR count). The Bertz CT molecular complexity index is 669. The number of nitrogens with one attached hydrogen (secondary N) is 3. The van der Waals surface area contributed by atoms with E-state index in [1.165, 1.54) is 5.56 Å². The lowest BCUT2D eigenvalue weighted by Gasteiger charge is -2.41. The lowest BCUT2D eigenvalue weighted by atomic mass is 9.72. The molecule has 0 aliphatic carbocycles. The second-order valence-electron chi connectivity index (χ2n) is 7.28. The van der Waals surface area contributed by atoms with Gasteiger partial charge < -0.3 is 15.5 Å². The normalized spacial score (nSPS) is 22.6. The van der Waals surface area contributed by atoms with Crippen LogP contribution in [0.25, 0.3) is 0 Å². The summed E-state index contributed by atoms with van der Waals surface area (Å²) in [6, 6.07) is 9.25. The van der Waals surface area contributed by atoms with Crippen LogP contribution >= 0.6 is 0 Å². The molecule has 7 heteroatoms. The van der Waals surface area contributed by atoms with Crippen molar-refractivity contribution in [2.24, 2.45) is 0 Å². The molecule has 4 amide bonds. The summed E-state index contributed by atoms with van der Waals surface area (Å²) in [5.41, 5.74) is 1.21. The molecule has 1 aromatic carbocycles. The van der Waals surface area contributed by atoms with E-state index in [1.54, 1.807) is 0 Å². The van der Waals surface area contributed by atoms with Crippen molar-refractivity contribution in [3.05, 3.63) is 35.9 Å². The van der Waals surface area contributed by atoms with Gasteiger partial charge in [0.2, 0.25) is 5.91 Å². The molecule has 0 unspecified atom stereocenters. The van der Waals surface area contributed by atoms with Gasteiger partial charge in [-0.05, 0) is 45.0 Å². The third-order valence-corrected chi connectivity index (χ3v) is 5.47. The first-order chi connectivity index (χ1) is 12.5. The van der Waals surface area contributed by atoms with Crippen LogP contribution < -0.4 is 16.0 Å². The first kappa shape index (κ1) is 18.4. The summed E-state index contributed by atoms with van der Waals surface area (Å²) in [6.07, 6.45) is 2.51. The first-order valence-electron chi connectivity index (χ1n) is 9.11. The van der Waals surface area contributed by atoms with Crippen molar-refractivity contribution in [3.63, 3.8) is 0 Å². The van der Waals surface area contributed by atoms with E-state index in [0.717, 1.165) is 25.9 Å². The highest BCUT2D eigenvalue weighted by molar-refractivity contribution is 6.04. The van der Waals surface area contributed by atoms with Crippen LogP contribution in [0.4, 0.5) is 4.79 Å². The van der Waals surface area contributed by atoms with Crippen LogP contribution in [0.3, 0.4) is 0 Å². The summed E-state index contributed by atoms with van der Waals surface area (Å²) < 4.78 is 0. The molecule has 2 aliphatic heterocycles. The highest BCUT2D eigenvalue weighted by Gasteiger charge is 2.36. The molecule has 7 nitrogen and oxygen atoms in total. The van der Waals surface area contributed by atoms with E-state index in [-0.39, 0.29) is 23.7 Å². The summed E-state index contributed by atoms with van der Waals surface area (Å²) in [4.78, 5) is 37.3. The number of carbonyl (C=O) groups excluding carboxylic acids is 3. The summed E-state index contributed by atoms with van der Waals surface area (Å²) in [5.74, 6) is -0.452. The average molecular weight is 358 g/mol. The molecule has 1 atom stereocenters. The van der Waals surface area contributed by atoms with Crippen molar-refractivity contribution in [1.29, 1.82) is 0 Å². The Labute approximate surface area is 153 Å². The van der Waals surface area contributed by atoms with Crippen molar-refractivity contribution < 1.29 is 14.4 Å². The van der Waals surface area contributed by atoms with Gasteiger partial charge in [-0.25, -0.2) is 4.79 Å². The predicted octanol–water partition coefficient (Wildman–Crippen LogP) is 0.754. The van der Waals surface area contributed by atoms with Crippen LogP contribution in [0.15, 0.2) is 30.3 Å². The molecule has 0 bridgehead atoms. The van der Waals surface area contributed by atoms with Crippen molar-refractivity contribution in [2.45, 2.75) is 37.1 Å². The lowest BCUT2D eigenvalue weighted by molar-refractivity contribution is -0.122. The Hall–Kier alpha value is -2.41. The number of imide groups is 1. The smallest absolute Gasteiger partial charge is 0.322 e. The van der Waals surface area contributed by atoms with Gasteiger partial charge in [0, 0.05) is 18.4 Å². The van der Waals surface area contributed by atoms with E-state index in [9.17, 15) is 14.4 Å². The average Bonchev–Trinajstić information content (AvgIpc) is 2.98. The summed E-state index contributed by atoms with van der Waals surface area (Å²) in [5, 5.41) is 7.75. The zero-order chi connectivity index (χ0) is 18.6. The van der Waals surface area contributed by atoms with Crippen molar-refractivity contribution >= 4 is 17.8 Å². The van der Waals surface area contributed by atoms with Gasteiger partial charge >= 0.3 is 6.03 Å². The molecule has 3 N–H and O–H groups in total. The summed E-state index contributed by atoms with van der Waals surface area (Å²) >= 11 is 0. The SMILES string of the molecule is CN1CCC(CNC(=O)CC[C@@H]2NC(=O)NC2=O)(c2ccccc2)CC1. The standard InChI is InChI=1S/C19H26N4O3/c1-23-11-9-19(10-12-23,14-5-3-2-4-6-14)13-20-16(24)8-7-15-17(25)22-18(26)21-15/h2-6,15H,7-13H2,1H3,(H,20,24)(H2,21,22,25,26)/t15-/m0/s1. The van der Waals surface area contributed by atoms with Crippen LogP contribution in [0.5, 0.6) is 0 Å². The van der Waals surface area contributed by atoms with Crippen LogP contribution in [0.1, 0.15) is 31.2 Å². The second kappa shape index (κ2) is 7.86. The summed E-state index contributed by atoms with van der Waals surface area (Å²) in [7, 11) is 2.12. The van der Waals surface area contributed by atoms with Gasteiger partial charge in [-0.3, -0.25) is 14.9 Å². The Morgan fingerprint density at radius 3 is 2.54 bits per heavy atom. The molecular weight excluding hydrogens is 332 g/mol. The maximum Gasteiger partial charge on any atom is 0.322 e. The van der Waals surface area contributed by atoms with E-state index in [1.807, 2.05) is 18.2 Å². The highest BCUT2D eigenvalue weighted by atomic mass is 16.2. The molecule has 0 spiro atoms. The van der Waals surface area contributed by atoms with E-state index < -0.39 is 12.1 Å². The van der Waals surface area contributed by atoms with Gasteiger partial charge in [-0.1, -0.05) is 30.3 Å². The minimum Gasteiger partial charge on any atom is -0.355 e. The van der Waals surface area contributed by atoms with Crippen molar-refractivity contribution in [2.75, 3.05) is 26.7 Å². The number of piperidine rings is 1. The Morgan fingerprint density at radius 2 is 1.92 bits per heavy atom. The quantitative estimate of drug-likeness (QED) is 0.655. The fraction of sp³-hybridized carbons (Fsp3) is 0.526. The minimum atomic E-state index is -0.611. The van der Waals surface area contributed by atoms with Crippen LogP contribution in [-0.4, -0.2) is 55.5 Å². The van der Waals surface area contributed by atoms with Crippen LogP contribution in [0.2, 0.25) is 0 Å². The molecule has 2 fully saturated rings. The molecular formula is C19H26N4O3. The zero-order valence-electron chi connectivity index (χ0n) is 15.1. The van der Waals surface area contributed by atoms with Gasteiger partial charge in [-0.15, -0.1) is 0 Å². The van der Waals surface area contributed by atoms with Crippen molar-refractivity contribution in [1.82, 2.24) is 20.9 Å². The van der Waals surface area contributed by atoms with Gasteiger partial charge in [0.25, 0.3) is 5.91 Å². The maximum atomic E-state index is 12.3. The maximum absolute atomic E-state index is 12.3. The fourth-order valence-corrected chi connectivity index (χ4v) is 3.70. The number of hydrogen-bond donors (Lipinski definition) is 3. The van der Waals surface area contributed by atoms with E-state index in [2.05, 4.69) is 40.0 Å². The minimum absolute atomic E-state index is 0.0532. The summed E-state index contributed by atoms with van der Waals surface area (Å²) in [6.45, 7) is 2.59. The molecule has 1 aromatic rings. The van der Waals surface area contributed by atoms with Gasteiger partial charge in [0.05, 0.1) is 0 Å². The van der Waals surface area contributed by atoms with E-state index >= 15 is 0 Å². The third kappa shape index (κ3) is 4.22. The second-order valence-corrected chi connectivity index (χ2v) is 7.28. The third-order valence-electron chi connectivity index (χ3n) is 5.47. The highest BCUT2D eigenvalue weighted by Crippen LogP contribution is 2.34. The molecule has 0 saturated carbocycles. The number of urea groups is 1.